The zero-order valence-corrected chi connectivity index (χ0v) is 9.49. The van der Waals surface area contributed by atoms with Crippen LogP contribution < -0.4 is 9.47 Å². The van der Waals surface area contributed by atoms with E-state index in [1.54, 1.807) is 21.0 Å². The van der Waals surface area contributed by atoms with E-state index in [1.807, 2.05) is 24.3 Å². The quantitative estimate of drug-likeness (QED) is 0.810. The molecule has 0 saturated heterocycles. The number of hydrogen-bond donors (Lipinski definition) is 1. The van der Waals surface area contributed by atoms with Gasteiger partial charge < -0.3 is 14.6 Å². The van der Waals surface area contributed by atoms with Crippen LogP contribution in [-0.2, 0) is 0 Å². The standard InChI is InChI=1S/C12H18O3/c1-12(2,13)7-8-15-11-6-4-5-10(9-11)14-3/h4-6,9,13H,7-8H2,1-3H3. The van der Waals surface area contributed by atoms with Gasteiger partial charge in [0.15, 0.2) is 0 Å². The van der Waals surface area contributed by atoms with Crippen LogP contribution in [0.1, 0.15) is 20.3 Å². The van der Waals surface area contributed by atoms with Gasteiger partial charge in [-0.25, -0.2) is 0 Å². The molecular weight excluding hydrogens is 192 g/mol. The molecule has 1 N–H and O–H groups in total. The summed E-state index contributed by atoms with van der Waals surface area (Å²) in [5, 5.41) is 9.49. The zero-order chi connectivity index (χ0) is 11.3. The van der Waals surface area contributed by atoms with Crippen LogP contribution in [-0.4, -0.2) is 24.4 Å². The maximum atomic E-state index is 9.49. The van der Waals surface area contributed by atoms with Gasteiger partial charge >= 0.3 is 0 Å². The molecule has 3 nitrogen and oxygen atoms in total. The third-order valence-electron chi connectivity index (χ3n) is 2.02. The van der Waals surface area contributed by atoms with Crippen molar-refractivity contribution in [2.45, 2.75) is 25.9 Å². The predicted molar refractivity (Wildman–Crippen MR) is 59.4 cm³/mol. The minimum Gasteiger partial charge on any atom is -0.497 e. The summed E-state index contributed by atoms with van der Waals surface area (Å²) in [6.07, 6.45) is 0.601. The number of rotatable bonds is 5. The van der Waals surface area contributed by atoms with E-state index in [0.717, 1.165) is 11.5 Å². The van der Waals surface area contributed by atoms with Crippen LogP contribution in [0.4, 0.5) is 0 Å². The summed E-state index contributed by atoms with van der Waals surface area (Å²) in [5.41, 5.74) is -0.682. The molecule has 0 bridgehead atoms. The van der Waals surface area contributed by atoms with Gasteiger partial charge in [0.1, 0.15) is 11.5 Å². The summed E-state index contributed by atoms with van der Waals surface area (Å²) >= 11 is 0. The molecule has 84 valence electrons. The molecule has 1 aromatic rings. The Balaban J connectivity index is 2.44. The lowest BCUT2D eigenvalue weighted by molar-refractivity contribution is 0.0553. The van der Waals surface area contributed by atoms with E-state index in [2.05, 4.69) is 0 Å². The summed E-state index contributed by atoms with van der Waals surface area (Å²) in [7, 11) is 1.62. The van der Waals surface area contributed by atoms with Gasteiger partial charge in [-0.15, -0.1) is 0 Å². The summed E-state index contributed by atoms with van der Waals surface area (Å²) < 4.78 is 10.6. The van der Waals surface area contributed by atoms with Crippen LogP contribution in [0, 0.1) is 0 Å². The Bertz CT molecular complexity index is 302. The van der Waals surface area contributed by atoms with Gasteiger partial charge in [-0.1, -0.05) is 6.07 Å². The van der Waals surface area contributed by atoms with Crippen molar-refractivity contribution in [3.63, 3.8) is 0 Å². The molecular formula is C12H18O3. The maximum absolute atomic E-state index is 9.49. The van der Waals surface area contributed by atoms with E-state index >= 15 is 0 Å². The molecule has 0 atom stereocenters. The first kappa shape index (κ1) is 11.9. The van der Waals surface area contributed by atoms with E-state index in [-0.39, 0.29) is 0 Å². The third-order valence-corrected chi connectivity index (χ3v) is 2.02. The number of aliphatic hydroxyl groups is 1. The van der Waals surface area contributed by atoms with Crippen LogP contribution in [0.5, 0.6) is 11.5 Å². The molecule has 0 amide bonds. The number of benzene rings is 1. The lowest BCUT2D eigenvalue weighted by Gasteiger charge is -2.17. The van der Waals surface area contributed by atoms with E-state index in [1.165, 1.54) is 0 Å². The molecule has 3 heteroatoms. The van der Waals surface area contributed by atoms with E-state index in [9.17, 15) is 5.11 Å². The Morgan fingerprint density at radius 2 is 1.93 bits per heavy atom. The minimum atomic E-state index is -0.682. The van der Waals surface area contributed by atoms with Gasteiger partial charge in [0.2, 0.25) is 0 Å². The highest BCUT2D eigenvalue weighted by atomic mass is 16.5. The Morgan fingerprint density at radius 1 is 1.27 bits per heavy atom. The average Bonchev–Trinajstić information content (AvgIpc) is 2.16. The van der Waals surface area contributed by atoms with Gasteiger partial charge in [-0.05, 0) is 26.0 Å². The van der Waals surface area contributed by atoms with Crippen LogP contribution >= 0.6 is 0 Å². The van der Waals surface area contributed by atoms with Crippen molar-refractivity contribution in [3.05, 3.63) is 24.3 Å². The fourth-order valence-electron chi connectivity index (χ4n) is 1.11. The lowest BCUT2D eigenvalue weighted by atomic mass is 10.1. The Morgan fingerprint density at radius 3 is 2.53 bits per heavy atom. The first-order valence-electron chi connectivity index (χ1n) is 5.00. The first-order chi connectivity index (χ1) is 7.01. The molecule has 0 aliphatic heterocycles. The molecule has 1 aromatic carbocycles. The highest BCUT2D eigenvalue weighted by Crippen LogP contribution is 2.19. The van der Waals surface area contributed by atoms with Gasteiger partial charge in [0, 0.05) is 12.5 Å². The van der Waals surface area contributed by atoms with Crippen LogP contribution in [0.25, 0.3) is 0 Å². The van der Waals surface area contributed by atoms with Crippen LogP contribution in [0.15, 0.2) is 24.3 Å². The normalized spacial score (nSPS) is 11.2. The van der Waals surface area contributed by atoms with Crippen molar-refractivity contribution in [2.75, 3.05) is 13.7 Å². The van der Waals surface area contributed by atoms with Crippen molar-refractivity contribution in [1.29, 1.82) is 0 Å². The van der Waals surface area contributed by atoms with Crippen molar-refractivity contribution >= 4 is 0 Å². The molecule has 0 unspecified atom stereocenters. The Hall–Kier alpha value is -1.22. The van der Waals surface area contributed by atoms with E-state index < -0.39 is 5.60 Å². The second-order valence-electron chi connectivity index (χ2n) is 4.09. The van der Waals surface area contributed by atoms with Gasteiger partial charge in [-0.3, -0.25) is 0 Å². The number of ether oxygens (including phenoxy) is 2. The second kappa shape index (κ2) is 5.03. The fourth-order valence-corrected chi connectivity index (χ4v) is 1.11. The first-order valence-corrected chi connectivity index (χ1v) is 5.00. The molecule has 15 heavy (non-hydrogen) atoms. The van der Waals surface area contributed by atoms with Crippen molar-refractivity contribution in [1.82, 2.24) is 0 Å². The smallest absolute Gasteiger partial charge is 0.122 e. The molecule has 1 rings (SSSR count). The summed E-state index contributed by atoms with van der Waals surface area (Å²) in [6.45, 7) is 4.03. The minimum absolute atomic E-state index is 0.497. The summed E-state index contributed by atoms with van der Waals surface area (Å²) in [6, 6.07) is 7.43. The SMILES string of the molecule is COc1cccc(OCCC(C)(C)O)c1. The second-order valence-corrected chi connectivity index (χ2v) is 4.09. The van der Waals surface area contributed by atoms with Crippen molar-refractivity contribution in [2.24, 2.45) is 0 Å². The molecule has 0 aliphatic rings. The molecule has 0 spiro atoms. The van der Waals surface area contributed by atoms with Gasteiger partial charge in [0.25, 0.3) is 0 Å². The topological polar surface area (TPSA) is 38.7 Å². The zero-order valence-electron chi connectivity index (χ0n) is 9.49. The van der Waals surface area contributed by atoms with E-state index in [4.69, 9.17) is 9.47 Å². The largest absolute Gasteiger partial charge is 0.497 e. The van der Waals surface area contributed by atoms with Crippen molar-refractivity contribution < 1.29 is 14.6 Å². The highest BCUT2D eigenvalue weighted by molar-refractivity contribution is 5.32. The molecule has 0 aromatic heterocycles. The molecule has 0 radical (unpaired) electrons. The Labute approximate surface area is 90.6 Å². The van der Waals surface area contributed by atoms with Gasteiger partial charge in [-0.2, -0.15) is 0 Å². The summed E-state index contributed by atoms with van der Waals surface area (Å²) in [5.74, 6) is 1.54. The maximum Gasteiger partial charge on any atom is 0.122 e. The molecule has 0 fully saturated rings. The van der Waals surface area contributed by atoms with Crippen molar-refractivity contribution in [3.8, 4) is 11.5 Å². The van der Waals surface area contributed by atoms with Crippen LogP contribution in [0.3, 0.4) is 0 Å². The lowest BCUT2D eigenvalue weighted by Crippen LogP contribution is -2.21. The number of hydrogen-bond acceptors (Lipinski definition) is 3. The highest BCUT2D eigenvalue weighted by Gasteiger charge is 2.11. The number of methoxy groups -OCH3 is 1. The fraction of sp³-hybridized carbons (Fsp3) is 0.500. The predicted octanol–water partition coefficient (Wildman–Crippen LogP) is 2.24. The molecule has 0 heterocycles. The van der Waals surface area contributed by atoms with Gasteiger partial charge in [0.05, 0.1) is 19.3 Å². The average molecular weight is 210 g/mol. The Kier molecular flexibility index (Phi) is 3.97. The van der Waals surface area contributed by atoms with Crippen LogP contribution in [0.2, 0.25) is 0 Å². The molecule has 0 saturated carbocycles. The monoisotopic (exact) mass is 210 g/mol. The third kappa shape index (κ3) is 4.70. The summed E-state index contributed by atoms with van der Waals surface area (Å²) in [4.78, 5) is 0. The molecule has 0 aliphatic carbocycles. The van der Waals surface area contributed by atoms with E-state index in [0.29, 0.717) is 13.0 Å².